The van der Waals surface area contributed by atoms with Crippen molar-refractivity contribution in [1.29, 1.82) is 0 Å². The molecule has 0 aliphatic carbocycles. The van der Waals surface area contributed by atoms with Crippen LogP contribution in [0.5, 0.6) is 0 Å². The van der Waals surface area contributed by atoms with Gasteiger partial charge in [0.05, 0.1) is 0 Å². The van der Waals surface area contributed by atoms with Crippen LogP contribution in [0.4, 0.5) is 0 Å². The second kappa shape index (κ2) is 6.78. The van der Waals surface area contributed by atoms with Crippen molar-refractivity contribution in [2.45, 2.75) is 18.8 Å². The molecule has 0 heterocycles. The highest BCUT2D eigenvalue weighted by Gasteiger charge is 2.15. The number of benzene rings is 2. The third-order valence-corrected chi connectivity index (χ3v) is 3.73. The molecular weight excluding hydrogens is 293 g/mol. The lowest BCUT2D eigenvalue weighted by Crippen LogP contribution is -2.12. The van der Waals surface area contributed by atoms with Gasteiger partial charge in [-0.1, -0.05) is 47.5 Å². The van der Waals surface area contributed by atoms with Crippen molar-refractivity contribution in [3.63, 3.8) is 0 Å². The van der Waals surface area contributed by atoms with Gasteiger partial charge in [-0.2, -0.15) is 0 Å². The number of primary amides is 1. The van der Waals surface area contributed by atoms with E-state index >= 15 is 0 Å². The molecule has 1 amide bonds. The number of nitrogens with two attached hydrogens (primary N) is 1. The molecule has 0 saturated heterocycles. The van der Waals surface area contributed by atoms with Crippen molar-refractivity contribution >= 4 is 29.1 Å². The summed E-state index contributed by atoms with van der Waals surface area (Å²) in [6, 6.07) is 15.3. The highest BCUT2D eigenvalue weighted by molar-refractivity contribution is 6.30. The summed E-state index contributed by atoms with van der Waals surface area (Å²) in [6.07, 6.45) is 1.01. The molecule has 0 saturated carbocycles. The molecule has 2 aromatic carbocycles. The average molecular weight is 308 g/mol. The zero-order valence-corrected chi connectivity index (χ0v) is 12.4. The first kappa shape index (κ1) is 14.9. The number of amides is 1. The molecule has 0 radical (unpaired) electrons. The fraction of sp³-hybridized carbons (Fsp3) is 0.188. The Labute approximate surface area is 128 Å². The van der Waals surface area contributed by atoms with Crippen LogP contribution >= 0.6 is 23.2 Å². The summed E-state index contributed by atoms with van der Waals surface area (Å²) < 4.78 is 0. The van der Waals surface area contributed by atoms with Gasteiger partial charge in [-0.05, 0) is 41.8 Å². The number of carbonyl (C=O) groups excluding carboxylic acids is 1. The summed E-state index contributed by atoms with van der Waals surface area (Å²) in [4.78, 5) is 11.1. The largest absolute Gasteiger partial charge is 0.370 e. The topological polar surface area (TPSA) is 43.1 Å². The van der Waals surface area contributed by atoms with Gasteiger partial charge in [0.15, 0.2) is 0 Å². The smallest absolute Gasteiger partial charge is 0.217 e. The lowest BCUT2D eigenvalue weighted by atomic mass is 9.87. The van der Waals surface area contributed by atoms with Crippen molar-refractivity contribution in [2.75, 3.05) is 0 Å². The first-order valence-electron chi connectivity index (χ1n) is 6.35. The second-order valence-corrected chi connectivity index (χ2v) is 5.53. The van der Waals surface area contributed by atoms with E-state index in [1.165, 1.54) is 0 Å². The maximum Gasteiger partial charge on any atom is 0.217 e. The molecule has 2 rings (SSSR count). The van der Waals surface area contributed by atoms with Crippen LogP contribution in [0.3, 0.4) is 0 Å². The Hall–Kier alpha value is -1.51. The summed E-state index contributed by atoms with van der Waals surface area (Å²) >= 11 is 11.8. The van der Waals surface area contributed by atoms with Crippen molar-refractivity contribution < 1.29 is 4.79 Å². The summed E-state index contributed by atoms with van der Waals surface area (Å²) in [5, 5.41) is 1.39. The Morgan fingerprint density at radius 3 is 1.65 bits per heavy atom. The minimum absolute atomic E-state index is 0.108. The van der Waals surface area contributed by atoms with E-state index in [9.17, 15) is 4.79 Å². The Kier molecular flexibility index (Phi) is 5.05. The lowest BCUT2D eigenvalue weighted by molar-refractivity contribution is -0.118. The number of halogens is 2. The van der Waals surface area contributed by atoms with E-state index in [4.69, 9.17) is 28.9 Å². The van der Waals surface area contributed by atoms with Crippen LogP contribution in [0, 0.1) is 0 Å². The molecule has 4 heteroatoms. The highest BCUT2D eigenvalue weighted by atomic mass is 35.5. The Morgan fingerprint density at radius 1 is 0.900 bits per heavy atom. The van der Waals surface area contributed by atoms with Crippen LogP contribution < -0.4 is 5.73 Å². The van der Waals surface area contributed by atoms with Crippen LogP contribution in [0.1, 0.15) is 29.9 Å². The quantitative estimate of drug-likeness (QED) is 0.874. The minimum Gasteiger partial charge on any atom is -0.370 e. The van der Waals surface area contributed by atoms with E-state index in [1.54, 1.807) is 0 Å². The molecular formula is C16H15Cl2NO. The zero-order chi connectivity index (χ0) is 14.5. The Balaban J connectivity index is 2.30. The van der Waals surface area contributed by atoms with Gasteiger partial charge in [0, 0.05) is 22.4 Å². The number of carbonyl (C=O) groups is 1. The average Bonchev–Trinajstić information content (AvgIpc) is 2.42. The maximum absolute atomic E-state index is 11.1. The highest BCUT2D eigenvalue weighted by Crippen LogP contribution is 2.30. The van der Waals surface area contributed by atoms with Crippen molar-refractivity contribution in [3.05, 3.63) is 69.7 Å². The van der Waals surface area contributed by atoms with Crippen molar-refractivity contribution in [1.82, 2.24) is 0 Å². The molecule has 0 aliphatic rings. The molecule has 0 bridgehead atoms. The van der Waals surface area contributed by atoms with Gasteiger partial charge in [-0.15, -0.1) is 0 Å². The molecule has 0 fully saturated rings. The van der Waals surface area contributed by atoms with Crippen LogP contribution in [0.25, 0.3) is 0 Å². The Bertz CT molecular complexity index is 533. The van der Waals surface area contributed by atoms with Gasteiger partial charge < -0.3 is 5.73 Å². The summed E-state index contributed by atoms with van der Waals surface area (Å²) in [5.41, 5.74) is 7.48. The molecule has 104 valence electrons. The molecule has 2 aromatic rings. The zero-order valence-electron chi connectivity index (χ0n) is 10.9. The monoisotopic (exact) mass is 307 g/mol. The van der Waals surface area contributed by atoms with E-state index in [0.29, 0.717) is 22.9 Å². The molecule has 20 heavy (non-hydrogen) atoms. The summed E-state index contributed by atoms with van der Waals surface area (Å²) in [6.45, 7) is 0. The second-order valence-electron chi connectivity index (χ2n) is 4.66. The maximum atomic E-state index is 11.1. The standard InChI is InChI=1S/C16H15Cl2NO/c17-13-5-1-11(2-6-13)15(9-10-16(19)20)12-3-7-14(18)8-4-12/h1-8,15H,9-10H2,(H2,19,20). The van der Waals surface area contributed by atoms with E-state index in [0.717, 1.165) is 11.1 Å². The minimum atomic E-state index is -0.294. The van der Waals surface area contributed by atoms with Gasteiger partial charge in [0.1, 0.15) is 0 Å². The number of rotatable bonds is 5. The molecule has 0 atom stereocenters. The fourth-order valence-corrected chi connectivity index (χ4v) is 2.45. The van der Waals surface area contributed by atoms with Crippen molar-refractivity contribution in [3.8, 4) is 0 Å². The van der Waals surface area contributed by atoms with Gasteiger partial charge >= 0.3 is 0 Å². The molecule has 0 aromatic heterocycles. The molecule has 0 unspecified atom stereocenters. The number of hydrogen-bond acceptors (Lipinski definition) is 1. The normalized spacial score (nSPS) is 10.8. The summed E-state index contributed by atoms with van der Waals surface area (Å²) in [7, 11) is 0. The van der Waals surface area contributed by atoms with E-state index in [2.05, 4.69) is 0 Å². The van der Waals surface area contributed by atoms with Gasteiger partial charge in [0.25, 0.3) is 0 Å². The van der Waals surface area contributed by atoms with Crippen LogP contribution in [0.15, 0.2) is 48.5 Å². The number of hydrogen-bond donors (Lipinski definition) is 1. The molecule has 0 spiro atoms. The fourth-order valence-electron chi connectivity index (χ4n) is 2.20. The van der Waals surface area contributed by atoms with Crippen molar-refractivity contribution in [2.24, 2.45) is 5.73 Å². The van der Waals surface area contributed by atoms with Crippen LogP contribution in [0.2, 0.25) is 10.0 Å². The predicted octanol–water partition coefficient (Wildman–Crippen LogP) is 4.39. The third-order valence-electron chi connectivity index (χ3n) is 3.22. The first-order chi connectivity index (χ1) is 9.56. The SMILES string of the molecule is NC(=O)CCC(c1ccc(Cl)cc1)c1ccc(Cl)cc1. The Morgan fingerprint density at radius 2 is 1.30 bits per heavy atom. The van der Waals surface area contributed by atoms with Crippen LogP contribution in [-0.2, 0) is 4.79 Å². The van der Waals surface area contributed by atoms with E-state index in [-0.39, 0.29) is 11.8 Å². The first-order valence-corrected chi connectivity index (χ1v) is 7.11. The molecule has 0 aliphatic heterocycles. The third kappa shape index (κ3) is 3.99. The summed E-state index contributed by atoms with van der Waals surface area (Å²) in [5.74, 6) is -0.185. The van der Waals surface area contributed by atoms with Gasteiger partial charge in [0.2, 0.25) is 5.91 Å². The predicted molar refractivity (Wildman–Crippen MR) is 83.2 cm³/mol. The van der Waals surface area contributed by atoms with E-state index < -0.39 is 0 Å². The lowest BCUT2D eigenvalue weighted by Gasteiger charge is -2.17. The molecule has 2 nitrogen and oxygen atoms in total. The van der Waals surface area contributed by atoms with Gasteiger partial charge in [-0.25, -0.2) is 0 Å². The van der Waals surface area contributed by atoms with Crippen LogP contribution in [-0.4, -0.2) is 5.91 Å². The van der Waals surface area contributed by atoms with Gasteiger partial charge in [-0.3, -0.25) is 4.79 Å². The van der Waals surface area contributed by atoms with E-state index in [1.807, 2.05) is 48.5 Å². The molecule has 2 N–H and O–H groups in total.